The smallest absolute Gasteiger partial charge is 0.200 e. The van der Waals surface area contributed by atoms with Gasteiger partial charge in [0.15, 0.2) is 17.4 Å². The molecular weight excluding hydrogens is 298 g/mol. The summed E-state index contributed by atoms with van der Waals surface area (Å²) in [5.74, 6) is 2.04. The summed E-state index contributed by atoms with van der Waals surface area (Å²) in [5.41, 5.74) is 6.83. The Balaban J connectivity index is 1.94. The highest BCUT2D eigenvalue weighted by Gasteiger charge is 2.16. The lowest BCUT2D eigenvalue weighted by molar-refractivity contribution is 0.170. The number of fused-ring (bicyclic) bond motifs is 1. The molecule has 0 saturated heterocycles. The van der Waals surface area contributed by atoms with Gasteiger partial charge in [-0.25, -0.2) is 4.98 Å². The third-order valence-corrected chi connectivity index (χ3v) is 3.35. The number of rotatable bonds is 2. The second kappa shape index (κ2) is 4.53. The average molecular weight is 310 g/mol. The number of anilines is 1. The quantitative estimate of drug-likeness (QED) is 0.922. The summed E-state index contributed by atoms with van der Waals surface area (Å²) in [4.78, 5) is 4.00. The van der Waals surface area contributed by atoms with Crippen molar-refractivity contribution >= 4 is 21.9 Å². The number of benzene rings is 1. The van der Waals surface area contributed by atoms with Gasteiger partial charge in [0.25, 0.3) is 0 Å². The van der Waals surface area contributed by atoms with E-state index in [0.29, 0.717) is 25.7 Å². The SMILES string of the molecule is Nc1nccn1Cc1cc(Br)c2c(c1)OCCO2. The molecule has 0 atom stereocenters. The van der Waals surface area contributed by atoms with E-state index >= 15 is 0 Å². The second-order valence-electron chi connectivity index (χ2n) is 4.02. The summed E-state index contributed by atoms with van der Waals surface area (Å²) >= 11 is 3.49. The van der Waals surface area contributed by atoms with Crippen LogP contribution in [0.25, 0.3) is 0 Å². The Hall–Kier alpha value is -1.69. The molecule has 2 heterocycles. The maximum atomic E-state index is 5.75. The van der Waals surface area contributed by atoms with Crippen LogP contribution in [0.15, 0.2) is 29.0 Å². The van der Waals surface area contributed by atoms with Crippen LogP contribution in [0.1, 0.15) is 5.56 Å². The van der Waals surface area contributed by atoms with E-state index in [0.717, 1.165) is 21.5 Å². The Bertz CT molecular complexity index is 583. The third-order valence-electron chi connectivity index (χ3n) is 2.76. The van der Waals surface area contributed by atoms with Crippen molar-refractivity contribution in [2.24, 2.45) is 0 Å². The van der Waals surface area contributed by atoms with Gasteiger partial charge in [-0.05, 0) is 33.6 Å². The molecule has 5 nitrogen and oxygen atoms in total. The molecule has 1 aromatic carbocycles. The highest BCUT2D eigenvalue weighted by Crippen LogP contribution is 2.38. The zero-order valence-electron chi connectivity index (χ0n) is 9.60. The summed E-state index contributed by atoms with van der Waals surface area (Å²) in [5, 5.41) is 0. The van der Waals surface area contributed by atoms with Crippen LogP contribution in [0.2, 0.25) is 0 Å². The minimum Gasteiger partial charge on any atom is -0.486 e. The van der Waals surface area contributed by atoms with Crippen molar-refractivity contribution in [3.63, 3.8) is 0 Å². The summed E-state index contributed by atoms with van der Waals surface area (Å²) in [7, 11) is 0. The summed E-state index contributed by atoms with van der Waals surface area (Å²) in [6.45, 7) is 1.82. The number of halogens is 1. The van der Waals surface area contributed by atoms with E-state index in [1.807, 2.05) is 22.9 Å². The lowest BCUT2D eigenvalue weighted by Crippen LogP contribution is -2.16. The molecular formula is C12H12BrN3O2. The molecule has 0 bridgehead atoms. The maximum Gasteiger partial charge on any atom is 0.200 e. The molecule has 0 saturated carbocycles. The molecule has 2 aromatic rings. The molecule has 1 aromatic heterocycles. The van der Waals surface area contributed by atoms with Gasteiger partial charge in [-0.2, -0.15) is 0 Å². The average Bonchev–Trinajstić information content (AvgIpc) is 2.75. The lowest BCUT2D eigenvalue weighted by Gasteiger charge is -2.20. The highest BCUT2D eigenvalue weighted by molar-refractivity contribution is 9.10. The van der Waals surface area contributed by atoms with E-state index in [-0.39, 0.29) is 0 Å². The second-order valence-corrected chi connectivity index (χ2v) is 4.87. The summed E-state index contributed by atoms with van der Waals surface area (Å²) in [6, 6.07) is 3.98. The monoisotopic (exact) mass is 309 g/mol. The van der Waals surface area contributed by atoms with Gasteiger partial charge in [-0.3, -0.25) is 0 Å². The number of ether oxygens (including phenoxy) is 2. The molecule has 18 heavy (non-hydrogen) atoms. The lowest BCUT2D eigenvalue weighted by atomic mass is 10.2. The van der Waals surface area contributed by atoms with Gasteiger partial charge >= 0.3 is 0 Å². The zero-order chi connectivity index (χ0) is 12.5. The molecule has 0 amide bonds. The first-order valence-corrected chi connectivity index (χ1v) is 6.38. The number of nitrogens with two attached hydrogens (primary N) is 1. The number of nitrogen functional groups attached to an aromatic ring is 1. The molecule has 0 fully saturated rings. The van der Waals surface area contributed by atoms with Crippen LogP contribution in [0.3, 0.4) is 0 Å². The van der Waals surface area contributed by atoms with E-state index in [9.17, 15) is 0 Å². The van der Waals surface area contributed by atoms with Crippen LogP contribution in [0.5, 0.6) is 11.5 Å². The van der Waals surface area contributed by atoms with E-state index in [2.05, 4.69) is 20.9 Å². The molecule has 1 aliphatic heterocycles. The minimum atomic E-state index is 0.501. The molecule has 0 aliphatic carbocycles. The topological polar surface area (TPSA) is 62.3 Å². The molecule has 2 N–H and O–H groups in total. The first-order valence-electron chi connectivity index (χ1n) is 5.58. The van der Waals surface area contributed by atoms with Gasteiger partial charge in [0.2, 0.25) is 0 Å². The molecule has 0 unspecified atom stereocenters. The Morgan fingerprint density at radius 3 is 2.94 bits per heavy atom. The number of imidazole rings is 1. The molecule has 3 rings (SSSR count). The fraction of sp³-hybridized carbons (Fsp3) is 0.250. The fourth-order valence-electron chi connectivity index (χ4n) is 1.93. The van der Waals surface area contributed by atoms with Gasteiger partial charge in [-0.1, -0.05) is 0 Å². The Morgan fingerprint density at radius 2 is 2.17 bits per heavy atom. The van der Waals surface area contributed by atoms with E-state index in [1.54, 1.807) is 6.20 Å². The fourth-order valence-corrected chi connectivity index (χ4v) is 2.53. The van der Waals surface area contributed by atoms with Crippen molar-refractivity contribution in [2.45, 2.75) is 6.54 Å². The highest BCUT2D eigenvalue weighted by atomic mass is 79.9. The largest absolute Gasteiger partial charge is 0.486 e. The van der Waals surface area contributed by atoms with Crippen LogP contribution >= 0.6 is 15.9 Å². The first kappa shape index (κ1) is 11.4. The maximum absolute atomic E-state index is 5.75. The molecule has 94 valence electrons. The van der Waals surface area contributed by atoms with Crippen molar-refractivity contribution in [1.29, 1.82) is 0 Å². The minimum absolute atomic E-state index is 0.501. The first-order chi connectivity index (χ1) is 8.74. The predicted octanol–water partition coefficient (Wildman–Crippen LogP) is 2.05. The van der Waals surface area contributed by atoms with Crippen LogP contribution in [0.4, 0.5) is 5.95 Å². The number of nitrogens with zero attached hydrogens (tertiary/aromatic N) is 2. The standard InChI is InChI=1S/C12H12BrN3O2/c13-9-5-8(7-16-2-1-15-12(16)14)6-10-11(9)18-4-3-17-10/h1-2,5-6H,3-4,7H2,(H2,14,15). The Labute approximate surface area is 113 Å². The van der Waals surface area contributed by atoms with Gasteiger partial charge in [0.1, 0.15) is 13.2 Å². The van der Waals surface area contributed by atoms with Crippen molar-refractivity contribution in [2.75, 3.05) is 18.9 Å². The van der Waals surface area contributed by atoms with Gasteiger partial charge in [-0.15, -0.1) is 0 Å². The predicted molar refractivity (Wildman–Crippen MR) is 70.9 cm³/mol. The van der Waals surface area contributed by atoms with Crippen molar-refractivity contribution in [1.82, 2.24) is 9.55 Å². The number of hydrogen-bond acceptors (Lipinski definition) is 4. The van der Waals surface area contributed by atoms with Crippen LogP contribution in [-0.2, 0) is 6.54 Å². The van der Waals surface area contributed by atoms with Gasteiger partial charge in [0, 0.05) is 12.4 Å². The van der Waals surface area contributed by atoms with Crippen LogP contribution < -0.4 is 15.2 Å². The van der Waals surface area contributed by atoms with E-state index in [4.69, 9.17) is 15.2 Å². The summed E-state index contributed by atoms with van der Waals surface area (Å²) in [6.07, 6.45) is 3.53. The van der Waals surface area contributed by atoms with Gasteiger partial charge in [0.05, 0.1) is 11.0 Å². The Kier molecular flexibility index (Phi) is 2.87. The molecule has 0 radical (unpaired) electrons. The van der Waals surface area contributed by atoms with E-state index < -0.39 is 0 Å². The van der Waals surface area contributed by atoms with Crippen LogP contribution in [-0.4, -0.2) is 22.8 Å². The zero-order valence-corrected chi connectivity index (χ0v) is 11.2. The summed E-state index contributed by atoms with van der Waals surface area (Å²) < 4.78 is 13.9. The van der Waals surface area contributed by atoms with Crippen molar-refractivity contribution < 1.29 is 9.47 Å². The number of aromatic nitrogens is 2. The normalized spacial score (nSPS) is 13.6. The van der Waals surface area contributed by atoms with Gasteiger partial charge < -0.3 is 19.8 Å². The molecule has 0 spiro atoms. The number of hydrogen-bond donors (Lipinski definition) is 1. The van der Waals surface area contributed by atoms with E-state index in [1.165, 1.54) is 0 Å². The Morgan fingerprint density at radius 1 is 1.33 bits per heavy atom. The van der Waals surface area contributed by atoms with Crippen molar-refractivity contribution in [3.05, 3.63) is 34.6 Å². The molecule has 1 aliphatic rings. The van der Waals surface area contributed by atoms with Crippen molar-refractivity contribution in [3.8, 4) is 11.5 Å². The van der Waals surface area contributed by atoms with Crippen LogP contribution in [0, 0.1) is 0 Å². The third kappa shape index (κ3) is 2.03. The molecule has 6 heteroatoms.